The summed E-state index contributed by atoms with van der Waals surface area (Å²) in [7, 11) is 0. The average molecular weight is 218 g/mol. The summed E-state index contributed by atoms with van der Waals surface area (Å²) in [4.78, 5) is 11.0. The molecule has 1 amide bonds. The second kappa shape index (κ2) is 3.99. The molecule has 1 aromatic rings. The Morgan fingerprint density at radius 3 is 2.54 bits per heavy atom. The molecule has 2 N–H and O–H groups in total. The Balaban J connectivity index is 3.38. The molecular weight excluding hydrogens is 209 g/mol. The van der Waals surface area contributed by atoms with Gasteiger partial charge in [0.15, 0.2) is 0 Å². The topological polar surface area (TPSA) is 43.1 Å². The van der Waals surface area contributed by atoms with E-state index in [1.807, 2.05) is 6.92 Å². The van der Waals surface area contributed by atoms with Gasteiger partial charge in [-0.05, 0) is 24.1 Å². The molecule has 0 fully saturated rings. The molecule has 0 aliphatic carbocycles. The summed E-state index contributed by atoms with van der Waals surface area (Å²) in [6, 6.07) is 3.22. The molecule has 13 heavy (non-hydrogen) atoms. The van der Waals surface area contributed by atoms with E-state index in [0.717, 1.165) is 5.56 Å². The maximum absolute atomic E-state index is 11.0. The summed E-state index contributed by atoms with van der Waals surface area (Å²) in [5, 5.41) is 0.837. The first-order chi connectivity index (χ1) is 6.06. The standard InChI is InChI=1S/C9H9Cl2NO/c1-2-5-3-6(10)4-7(11)8(5)9(12)13/h3-4H,2H2,1H3,(H2,12,13). The van der Waals surface area contributed by atoms with Crippen LogP contribution in [-0.2, 0) is 6.42 Å². The van der Waals surface area contributed by atoms with Crippen LogP contribution in [0.1, 0.15) is 22.8 Å². The van der Waals surface area contributed by atoms with Crippen LogP contribution in [-0.4, -0.2) is 5.91 Å². The molecule has 1 aromatic carbocycles. The van der Waals surface area contributed by atoms with Crippen LogP contribution in [0.2, 0.25) is 10.0 Å². The minimum atomic E-state index is -0.515. The van der Waals surface area contributed by atoms with E-state index in [0.29, 0.717) is 22.0 Å². The first kappa shape index (κ1) is 10.4. The lowest BCUT2D eigenvalue weighted by Gasteiger charge is -2.06. The predicted molar refractivity (Wildman–Crippen MR) is 54.4 cm³/mol. The van der Waals surface area contributed by atoms with Gasteiger partial charge in [0, 0.05) is 5.02 Å². The molecule has 0 aliphatic rings. The van der Waals surface area contributed by atoms with Crippen LogP contribution in [0.3, 0.4) is 0 Å². The van der Waals surface area contributed by atoms with Crippen molar-refractivity contribution in [3.8, 4) is 0 Å². The molecule has 4 heteroatoms. The molecule has 0 radical (unpaired) electrons. The van der Waals surface area contributed by atoms with Crippen molar-refractivity contribution in [3.63, 3.8) is 0 Å². The number of hydrogen-bond acceptors (Lipinski definition) is 1. The van der Waals surface area contributed by atoms with E-state index in [1.54, 1.807) is 6.07 Å². The maximum Gasteiger partial charge on any atom is 0.250 e. The Hall–Kier alpha value is -0.730. The second-order valence-electron chi connectivity index (χ2n) is 2.64. The van der Waals surface area contributed by atoms with Crippen molar-refractivity contribution in [1.29, 1.82) is 0 Å². The molecule has 0 spiro atoms. The van der Waals surface area contributed by atoms with Crippen LogP contribution >= 0.6 is 23.2 Å². The first-order valence-electron chi connectivity index (χ1n) is 3.84. The minimum absolute atomic E-state index is 0.317. The Morgan fingerprint density at radius 1 is 1.46 bits per heavy atom. The molecule has 0 aromatic heterocycles. The highest BCUT2D eigenvalue weighted by Crippen LogP contribution is 2.25. The minimum Gasteiger partial charge on any atom is -0.366 e. The van der Waals surface area contributed by atoms with Crippen LogP contribution in [0.4, 0.5) is 0 Å². The molecule has 0 saturated carbocycles. The van der Waals surface area contributed by atoms with E-state index >= 15 is 0 Å². The van der Waals surface area contributed by atoms with E-state index in [4.69, 9.17) is 28.9 Å². The van der Waals surface area contributed by atoms with Gasteiger partial charge < -0.3 is 5.73 Å². The highest BCUT2D eigenvalue weighted by Gasteiger charge is 2.12. The summed E-state index contributed by atoms with van der Waals surface area (Å²) in [5.74, 6) is -0.515. The number of benzene rings is 1. The quantitative estimate of drug-likeness (QED) is 0.814. The number of nitrogens with two attached hydrogens (primary N) is 1. The monoisotopic (exact) mass is 217 g/mol. The zero-order chi connectivity index (χ0) is 10.0. The van der Waals surface area contributed by atoms with Gasteiger partial charge in [-0.3, -0.25) is 4.79 Å². The summed E-state index contributed by atoms with van der Waals surface area (Å²) < 4.78 is 0. The van der Waals surface area contributed by atoms with Crippen molar-refractivity contribution in [2.45, 2.75) is 13.3 Å². The van der Waals surface area contributed by atoms with E-state index in [9.17, 15) is 4.79 Å². The lowest BCUT2D eigenvalue weighted by Crippen LogP contribution is -2.14. The number of aryl methyl sites for hydroxylation is 1. The smallest absolute Gasteiger partial charge is 0.250 e. The van der Waals surface area contributed by atoms with Crippen molar-refractivity contribution >= 4 is 29.1 Å². The van der Waals surface area contributed by atoms with Gasteiger partial charge in [-0.15, -0.1) is 0 Å². The Morgan fingerprint density at radius 2 is 2.08 bits per heavy atom. The number of rotatable bonds is 2. The van der Waals surface area contributed by atoms with E-state index in [-0.39, 0.29) is 0 Å². The second-order valence-corrected chi connectivity index (χ2v) is 3.48. The number of halogens is 2. The highest BCUT2D eigenvalue weighted by molar-refractivity contribution is 6.37. The summed E-state index contributed by atoms with van der Waals surface area (Å²) in [6.45, 7) is 1.91. The first-order valence-corrected chi connectivity index (χ1v) is 4.59. The normalized spacial score (nSPS) is 10.1. The van der Waals surface area contributed by atoms with Crippen molar-refractivity contribution in [2.24, 2.45) is 5.73 Å². The van der Waals surface area contributed by atoms with Gasteiger partial charge in [-0.1, -0.05) is 30.1 Å². The lowest BCUT2D eigenvalue weighted by molar-refractivity contribution is 0.0999. The van der Waals surface area contributed by atoms with Crippen molar-refractivity contribution in [2.75, 3.05) is 0 Å². The van der Waals surface area contributed by atoms with Gasteiger partial charge >= 0.3 is 0 Å². The van der Waals surface area contributed by atoms with Crippen LogP contribution in [0.25, 0.3) is 0 Å². The molecule has 70 valence electrons. The number of carbonyl (C=O) groups is 1. The average Bonchev–Trinajstić information content (AvgIpc) is 2.01. The van der Waals surface area contributed by atoms with Gasteiger partial charge in [-0.25, -0.2) is 0 Å². The Bertz CT molecular complexity index is 350. The molecule has 0 aliphatic heterocycles. The highest BCUT2D eigenvalue weighted by atomic mass is 35.5. The van der Waals surface area contributed by atoms with Gasteiger partial charge in [0.1, 0.15) is 0 Å². The summed E-state index contributed by atoms with van der Waals surface area (Å²) >= 11 is 11.6. The third-order valence-electron chi connectivity index (χ3n) is 1.76. The van der Waals surface area contributed by atoms with Crippen molar-refractivity contribution in [3.05, 3.63) is 33.3 Å². The summed E-state index contributed by atoms with van der Waals surface area (Å²) in [5.41, 5.74) is 6.33. The fraction of sp³-hybridized carbons (Fsp3) is 0.222. The fourth-order valence-electron chi connectivity index (χ4n) is 1.18. The van der Waals surface area contributed by atoms with Crippen LogP contribution in [0, 0.1) is 0 Å². The van der Waals surface area contributed by atoms with Crippen LogP contribution in [0.15, 0.2) is 12.1 Å². The number of amides is 1. The third-order valence-corrected chi connectivity index (χ3v) is 2.28. The number of primary amides is 1. The van der Waals surface area contributed by atoms with Gasteiger partial charge in [0.2, 0.25) is 5.91 Å². The molecular formula is C9H9Cl2NO. The largest absolute Gasteiger partial charge is 0.366 e. The third kappa shape index (κ3) is 2.14. The number of hydrogen-bond donors (Lipinski definition) is 1. The Kier molecular flexibility index (Phi) is 3.17. The van der Waals surface area contributed by atoms with Crippen LogP contribution < -0.4 is 5.73 Å². The molecule has 0 unspecified atom stereocenters. The van der Waals surface area contributed by atoms with Gasteiger partial charge in [-0.2, -0.15) is 0 Å². The van der Waals surface area contributed by atoms with Gasteiger partial charge in [0.25, 0.3) is 0 Å². The van der Waals surface area contributed by atoms with E-state index in [2.05, 4.69) is 0 Å². The lowest BCUT2D eigenvalue weighted by atomic mass is 10.0. The fourth-order valence-corrected chi connectivity index (χ4v) is 1.81. The van der Waals surface area contributed by atoms with Crippen molar-refractivity contribution < 1.29 is 4.79 Å². The molecule has 0 saturated heterocycles. The van der Waals surface area contributed by atoms with Gasteiger partial charge in [0.05, 0.1) is 10.6 Å². The SMILES string of the molecule is CCc1cc(Cl)cc(Cl)c1C(N)=O. The zero-order valence-corrected chi connectivity index (χ0v) is 8.62. The molecule has 2 nitrogen and oxygen atoms in total. The van der Waals surface area contributed by atoms with E-state index in [1.165, 1.54) is 6.07 Å². The number of carbonyl (C=O) groups excluding carboxylic acids is 1. The van der Waals surface area contributed by atoms with Crippen LogP contribution in [0.5, 0.6) is 0 Å². The van der Waals surface area contributed by atoms with E-state index < -0.39 is 5.91 Å². The molecule has 0 atom stereocenters. The molecule has 0 bridgehead atoms. The summed E-state index contributed by atoms with van der Waals surface area (Å²) in [6.07, 6.45) is 0.679. The predicted octanol–water partition coefficient (Wildman–Crippen LogP) is 2.65. The molecule has 1 rings (SSSR count). The zero-order valence-electron chi connectivity index (χ0n) is 7.10. The molecule has 0 heterocycles. The Labute approximate surface area is 86.6 Å². The van der Waals surface area contributed by atoms with Crippen molar-refractivity contribution in [1.82, 2.24) is 0 Å². The maximum atomic E-state index is 11.0.